The molecule has 0 spiro atoms. The number of rotatable bonds is 5. The highest BCUT2D eigenvalue weighted by Crippen LogP contribution is 2.26. The summed E-state index contributed by atoms with van der Waals surface area (Å²) in [5.41, 5.74) is 2.40. The van der Waals surface area contributed by atoms with Gasteiger partial charge >= 0.3 is 0 Å². The Morgan fingerprint density at radius 2 is 2.00 bits per heavy atom. The number of amides is 1. The molecule has 22 heavy (non-hydrogen) atoms. The molecule has 0 bridgehead atoms. The number of carbonyl (C=O) groups is 1. The first-order valence-corrected chi connectivity index (χ1v) is 7.80. The van der Waals surface area contributed by atoms with Gasteiger partial charge in [0, 0.05) is 4.47 Å². The minimum absolute atomic E-state index is 0.110. The van der Waals surface area contributed by atoms with Gasteiger partial charge in [-0.1, -0.05) is 33.6 Å². The van der Waals surface area contributed by atoms with Crippen molar-refractivity contribution in [2.75, 3.05) is 24.3 Å². The molecule has 0 unspecified atom stereocenters. The molecule has 0 aliphatic carbocycles. The van der Waals surface area contributed by atoms with E-state index in [1.165, 1.54) is 0 Å². The first-order valence-electron chi connectivity index (χ1n) is 6.63. The predicted molar refractivity (Wildman–Crippen MR) is 94.0 cm³/mol. The van der Waals surface area contributed by atoms with Crippen molar-refractivity contribution in [1.82, 2.24) is 0 Å². The Balaban J connectivity index is 2.00. The Morgan fingerprint density at radius 1 is 1.23 bits per heavy atom. The second kappa shape index (κ2) is 7.51. The number of hydrogen-bond donors (Lipinski definition) is 2. The maximum Gasteiger partial charge on any atom is 0.243 e. The second-order valence-corrected chi connectivity index (χ2v) is 6.05. The van der Waals surface area contributed by atoms with E-state index in [4.69, 9.17) is 16.3 Å². The van der Waals surface area contributed by atoms with Crippen LogP contribution in [0.3, 0.4) is 0 Å². The van der Waals surface area contributed by atoms with Crippen molar-refractivity contribution < 1.29 is 9.53 Å². The van der Waals surface area contributed by atoms with Crippen molar-refractivity contribution >= 4 is 44.8 Å². The number of hydrogen-bond acceptors (Lipinski definition) is 3. The molecule has 0 aliphatic heterocycles. The maximum absolute atomic E-state index is 12.1. The van der Waals surface area contributed by atoms with Crippen LogP contribution in [0.2, 0.25) is 5.02 Å². The molecule has 2 rings (SSSR count). The molecule has 0 heterocycles. The maximum atomic E-state index is 12.1. The lowest BCUT2D eigenvalue weighted by Gasteiger charge is -2.12. The van der Waals surface area contributed by atoms with Crippen LogP contribution in [-0.4, -0.2) is 19.6 Å². The normalized spacial score (nSPS) is 10.2. The van der Waals surface area contributed by atoms with Crippen LogP contribution in [0.4, 0.5) is 11.4 Å². The van der Waals surface area contributed by atoms with Gasteiger partial charge in [0.2, 0.25) is 5.91 Å². The molecular formula is C16H16BrClN2O2. The van der Waals surface area contributed by atoms with Crippen LogP contribution in [0.25, 0.3) is 0 Å². The summed E-state index contributed by atoms with van der Waals surface area (Å²) >= 11 is 9.44. The summed E-state index contributed by atoms with van der Waals surface area (Å²) < 4.78 is 6.12. The lowest BCUT2D eigenvalue weighted by Crippen LogP contribution is -2.22. The minimum Gasteiger partial charge on any atom is -0.495 e. The monoisotopic (exact) mass is 382 g/mol. The highest BCUT2D eigenvalue weighted by molar-refractivity contribution is 9.10. The van der Waals surface area contributed by atoms with E-state index in [9.17, 15) is 4.79 Å². The fourth-order valence-electron chi connectivity index (χ4n) is 1.92. The average molecular weight is 384 g/mol. The highest BCUT2D eigenvalue weighted by atomic mass is 79.9. The van der Waals surface area contributed by atoms with Gasteiger partial charge in [-0.3, -0.25) is 4.79 Å². The number of anilines is 2. The van der Waals surface area contributed by atoms with E-state index in [-0.39, 0.29) is 12.5 Å². The molecule has 0 atom stereocenters. The molecule has 2 aromatic carbocycles. The number of halogens is 2. The number of ether oxygens (including phenoxy) is 1. The number of benzene rings is 2. The molecule has 4 nitrogen and oxygen atoms in total. The van der Waals surface area contributed by atoms with E-state index in [0.29, 0.717) is 22.1 Å². The van der Waals surface area contributed by atoms with E-state index >= 15 is 0 Å². The molecule has 2 N–H and O–H groups in total. The van der Waals surface area contributed by atoms with Crippen LogP contribution in [0, 0.1) is 6.92 Å². The SMILES string of the molecule is COc1ccc(C)cc1NC(=O)CNc1ccc(Br)cc1Cl. The van der Waals surface area contributed by atoms with Gasteiger partial charge in [-0.05, 0) is 42.8 Å². The fraction of sp³-hybridized carbons (Fsp3) is 0.188. The van der Waals surface area contributed by atoms with Crippen molar-refractivity contribution in [1.29, 1.82) is 0 Å². The first kappa shape index (κ1) is 16.6. The lowest BCUT2D eigenvalue weighted by molar-refractivity contribution is -0.114. The molecule has 116 valence electrons. The minimum atomic E-state index is -0.178. The van der Waals surface area contributed by atoms with Gasteiger partial charge in [-0.15, -0.1) is 0 Å². The van der Waals surface area contributed by atoms with E-state index in [2.05, 4.69) is 26.6 Å². The van der Waals surface area contributed by atoms with Crippen LogP contribution >= 0.6 is 27.5 Å². The van der Waals surface area contributed by atoms with Crippen LogP contribution in [0.5, 0.6) is 5.75 Å². The third-order valence-electron chi connectivity index (χ3n) is 3.00. The molecule has 0 aromatic heterocycles. The fourth-order valence-corrected chi connectivity index (χ4v) is 2.66. The molecule has 0 radical (unpaired) electrons. The van der Waals surface area contributed by atoms with Crippen molar-refractivity contribution in [2.24, 2.45) is 0 Å². The highest BCUT2D eigenvalue weighted by Gasteiger charge is 2.09. The molecule has 6 heteroatoms. The average Bonchev–Trinajstić information content (AvgIpc) is 2.46. The van der Waals surface area contributed by atoms with Crippen LogP contribution in [0.15, 0.2) is 40.9 Å². The van der Waals surface area contributed by atoms with Crippen molar-refractivity contribution in [3.63, 3.8) is 0 Å². The Hall–Kier alpha value is -1.72. The molecule has 2 aromatic rings. The van der Waals surface area contributed by atoms with E-state index in [1.807, 2.05) is 37.3 Å². The zero-order valence-electron chi connectivity index (χ0n) is 12.2. The molecule has 0 aliphatic rings. The van der Waals surface area contributed by atoms with Crippen molar-refractivity contribution in [3.05, 3.63) is 51.5 Å². The van der Waals surface area contributed by atoms with Gasteiger partial charge < -0.3 is 15.4 Å². The molecule has 0 saturated carbocycles. The summed E-state index contributed by atoms with van der Waals surface area (Å²) in [5.74, 6) is 0.448. The smallest absolute Gasteiger partial charge is 0.243 e. The van der Waals surface area contributed by atoms with E-state index < -0.39 is 0 Å². The van der Waals surface area contributed by atoms with Crippen LogP contribution < -0.4 is 15.4 Å². The zero-order chi connectivity index (χ0) is 16.1. The third kappa shape index (κ3) is 4.39. The predicted octanol–water partition coefficient (Wildman–Crippen LogP) is 4.47. The van der Waals surface area contributed by atoms with Gasteiger partial charge in [0.1, 0.15) is 5.75 Å². The van der Waals surface area contributed by atoms with E-state index in [0.717, 1.165) is 10.0 Å². The van der Waals surface area contributed by atoms with Gasteiger partial charge in [0.05, 0.1) is 30.1 Å². The van der Waals surface area contributed by atoms with Crippen molar-refractivity contribution in [3.8, 4) is 5.75 Å². The van der Waals surface area contributed by atoms with E-state index in [1.54, 1.807) is 13.2 Å². The molecule has 0 saturated heterocycles. The Morgan fingerprint density at radius 3 is 2.68 bits per heavy atom. The second-order valence-electron chi connectivity index (χ2n) is 4.73. The number of aryl methyl sites for hydroxylation is 1. The molecular weight excluding hydrogens is 368 g/mol. The van der Waals surface area contributed by atoms with Crippen LogP contribution in [0.1, 0.15) is 5.56 Å². The summed E-state index contributed by atoms with van der Waals surface area (Å²) in [6.07, 6.45) is 0. The first-order chi connectivity index (χ1) is 10.5. The topological polar surface area (TPSA) is 50.4 Å². The summed E-state index contributed by atoms with van der Waals surface area (Å²) in [6, 6.07) is 11.1. The third-order valence-corrected chi connectivity index (χ3v) is 3.81. The largest absolute Gasteiger partial charge is 0.495 e. The molecule has 0 fully saturated rings. The van der Waals surface area contributed by atoms with Gasteiger partial charge in [0.15, 0.2) is 0 Å². The molecule has 1 amide bonds. The van der Waals surface area contributed by atoms with Crippen molar-refractivity contribution in [2.45, 2.75) is 6.92 Å². The number of nitrogens with one attached hydrogen (secondary N) is 2. The van der Waals surface area contributed by atoms with Gasteiger partial charge in [0.25, 0.3) is 0 Å². The summed E-state index contributed by atoms with van der Waals surface area (Å²) in [4.78, 5) is 12.1. The Kier molecular flexibility index (Phi) is 5.69. The quantitative estimate of drug-likeness (QED) is 0.801. The lowest BCUT2D eigenvalue weighted by atomic mass is 10.2. The standard InChI is InChI=1S/C16H16BrClN2O2/c1-10-3-6-15(22-2)14(7-10)20-16(21)9-19-13-5-4-11(17)8-12(13)18/h3-8,19H,9H2,1-2H3,(H,20,21). The van der Waals surface area contributed by atoms with Gasteiger partial charge in [-0.25, -0.2) is 0 Å². The van der Waals surface area contributed by atoms with Crippen LogP contribution in [-0.2, 0) is 4.79 Å². The summed E-state index contributed by atoms with van der Waals surface area (Å²) in [6.45, 7) is 2.06. The zero-order valence-corrected chi connectivity index (χ0v) is 14.6. The summed E-state index contributed by atoms with van der Waals surface area (Å²) in [5, 5.41) is 6.38. The van der Waals surface area contributed by atoms with Gasteiger partial charge in [-0.2, -0.15) is 0 Å². The summed E-state index contributed by atoms with van der Waals surface area (Å²) in [7, 11) is 1.57. The Labute approximate surface area is 142 Å². The Bertz CT molecular complexity index is 692. The number of carbonyl (C=O) groups excluding carboxylic acids is 1. The number of methoxy groups -OCH3 is 1.